The summed E-state index contributed by atoms with van der Waals surface area (Å²) in [5.41, 5.74) is 2.40. The number of nitrogens with zero attached hydrogens (tertiary/aromatic N) is 1. The molecule has 1 aliphatic carbocycles. The molecule has 4 heteroatoms. The van der Waals surface area contributed by atoms with E-state index < -0.39 is 0 Å². The average Bonchev–Trinajstić information content (AvgIpc) is 3.09. The molecule has 4 atom stereocenters. The molecule has 1 aromatic rings. The van der Waals surface area contributed by atoms with Crippen LogP contribution in [0.15, 0.2) is 42.0 Å². The van der Waals surface area contributed by atoms with Crippen molar-refractivity contribution in [2.45, 2.75) is 60.8 Å². The molecule has 3 aliphatic heterocycles. The third kappa shape index (κ3) is 2.19. The van der Waals surface area contributed by atoms with Gasteiger partial charge in [-0.05, 0) is 36.9 Å². The normalized spacial score (nSPS) is 37.6. The predicted molar refractivity (Wildman–Crippen MR) is 95.8 cm³/mol. The number of hydrogen-bond donors (Lipinski definition) is 0. The lowest BCUT2D eigenvalue weighted by Gasteiger charge is -2.38. The Morgan fingerprint density at radius 2 is 2.12 bits per heavy atom. The molecule has 3 heterocycles. The van der Waals surface area contributed by atoms with E-state index in [9.17, 15) is 4.79 Å². The minimum atomic E-state index is -0.272. The number of fused-ring (bicyclic) bond motifs is 3. The minimum absolute atomic E-state index is 0.107. The monoisotopic (exact) mass is 341 g/mol. The Balaban J connectivity index is 1.42. The zero-order chi connectivity index (χ0) is 16.1. The summed E-state index contributed by atoms with van der Waals surface area (Å²) in [6, 6.07) is 11.7. The molecule has 0 radical (unpaired) electrons. The lowest BCUT2D eigenvalue weighted by atomic mass is 9.77. The summed E-state index contributed by atoms with van der Waals surface area (Å²) in [6.07, 6.45) is 7.57. The van der Waals surface area contributed by atoms with Crippen LogP contribution in [0.3, 0.4) is 0 Å². The summed E-state index contributed by atoms with van der Waals surface area (Å²) in [5, 5.41) is 0.571. The third-order valence-corrected chi connectivity index (χ3v) is 7.71. The van der Waals surface area contributed by atoms with E-state index in [0.717, 1.165) is 18.6 Å². The largest absolute Gasteiger partial charge is 0.450 e. The highest BCUT2D eigenvalue weighted by molar-refractivity contribution is 7.99. The van der Waals surface area contributed by atoms with Crippen molar-refractivity contribution in [1.82, 2.24) is 4.90 Å². The molecule has 2 unspecified atom stereocenters. The van der Waals surface area contributed by atoms with E-state index in [1.54, 1.807) is 0 Å². The molecule has 1 spiro atoms. The van der Waals surface area contributed by atoms with Gasteiger partial charge in [0.25, 0.3) is 0 Å². The van der Waals surface area contributed by atoms with Crippen molar-refractivity contribution in [3.05, 3.63) is 47.5 Å². The second-order valence-corrected chi connectivity index (χ2v) is 8.77. The number of carbonyl (C=O) groups excluding carboxylic acids is 1. The third-order valence-electron chi connectivity index (χ3n) is 6.30. The Morgan fingerprint density at radius 1 is 1.25 bits per heavy atom. The highest BCUT2D eigenvalue weighted by Gasteiger charge is 2.63. The first kappa shape index (κ1) is 15.0. The number of hydrogen-bond acceptors (Lipinski definition) is 4. The first-order chi connectivity index (χ1) is 11.8. The fourth-order valence-corrected chi connectivity index (χ4v) is 6.66. The van der Waals surface area contributed by atoms with Gasteiger partial charge in [-0.3, -0.25) is 4.90 Å². The zero-order valence-electron chi connectivity index (χ0n) is 13.8. The Bertz CT molecular complexity index is 688. The first-order valence-corrected chi connectivity index (χ1v) is 10.2. The van der Waals surface area contributed by atoms with Crippen LogP contribution in [0.5, 0.6) is 0 Å². The van der Waals surface area contributed by atoms with Gasteiger partial charge < -0.3 is 4.74 Å². The van der Waals surface area contributed by atoms with Crippen molar-refractivity contribution < 1.29 is 9.53 Å². The van der Waals surface area contributed by atoms with Crippen molar-refractivity contribution in [2.24, 2.45) is 0 Å². The van der Waals surface area contributed by atoms with E-state index in [2.05, 4.69) is 47.0 Å². The van der Waals surface area contributed by atoms with Gasteiger partial charge in [0.15, 0.2) is 5.60 Å². The smallest absolute Gasteiger partial charge is 0.331 e. The molecule has 0 amide bonds. The highest BCUT2D eigenvalue weighted by Crippen LogP contribution is 2.56. The van der Waals surface area contributed by atoms with Gasteiger partial charge in [-0.2, -0.15) is 11.8 Å². The number of ether oxygens (including phenoxy) is 1. The molecule has 1 saturated carbocycles. The topological polar surface area (TPSA) is 29.5 Å². The van der Waals surface area contributed by atoms with E-state index in [4.69, 9.17) is 4.74 Å². The lowest BCUT2D eigenvalue weighted by Crippen LogP contribution is -2.48. The van der Waals surface area contributed by atoms with Gasteiger partial charge in [0.05, 0.1) is 6.04 Å². The maximum atomic E-state index is 12.0. The highest BCUT2D eigenvalue weighted by atomic mass is 32.2. The van der Waals surface area contributed by atoms with Crippen LogP contribution in [0, 0.1) is 0 Å². The summed E-state index contributed by atoms with van der Waals surface area (Å²) in [5.74, 6) is 0.945. The number of rotatable bonds is 3. The number of piperidine rings is 1. The molecule has 3 fully saturated rings. The average molecular weight is 341 g/mol. The summed E-state index contributed by atoms with van der Waals surface area (Å²) in [4.78, 5) is 14.7. The van der Waals surface area contributed by atoms with Gasteiger partial charge in [0, 0.05) is 29.5 Å². The molecular weight excluding hydrogens is 318 g/mol. The molecule has 1 aromatic carbocycles. The van der Waals surface area contributed by atoms with Crippen LogP contribution in [0.25, 0.3) is 0 Å². The van der Waals surface area contributed by atoms with Crippen molar-refractivity contribution >= 4 is 17.7 Å². The lowest BCUT2D eigenvalue weighted by molar-refractivity contribution is -0.148. The molecule has 4 aliphatic rings. The van der Waals surface area contributed by atoms with Crippen LogP contribution in [0.2, 0.25) is 0 Å². The molecule has 0 aromatic heterocycles. The van der Waals surface area contributed by atoms with Crippen molar-refractivity contribution in [2.75, 3.05) is 6.54 Å². The second-order valence-electron chi connectivity index (χ2n) is 7.54. The van der Waals surface area contributed by atoms with Crippen LogP contribution >= 0.6 is 11.8 Å². The molecule has 126 valence electrons. The van der Waals surface area contributed by atoms with Gasteiger partial charge >= 0.3 is 5.97 Å². The van der Waals surface area contributed by atoms with Crippen molar-refractivity contribution in [3.8, 4) is 0 Å². The van der Waals surface area contributed by atoms with Crippen LogP contribution in [-0.4, -0.2) is 40.3 Å². The van der Waals surface area contributed by atoms with Crippen LogP contribution in [0.1, 0.15) is 37.7 Å². The molecule has 2 bridgehead atoms. The molecule has 24 heavy (non-hydrogen) atoms. The SMILES string of the molecule is O=C1C=C2CC(SCc3ccccc3)[C@@H]3C[C@@]2(O1)C1CCCCN13. The molecule has 0 N–H and O–H groups in total. The fraction of sp³-hybridized carbons (Fsp3) is 0.550. The summed E-state index contributed by atoms with van der Waals surface area (Å²) >= 11 is 2.06. The quantitative estimate of drug-likeness (QED) is 0.787. The Hall–Kier alpha value is -1.26. The van der Waals surface area contributed by atoms with Gasteiger partial charge in [0.1, 0.15) is 0 Å². The predicted octanol–water partition coefficient (Wildman–Crippen LogP) is 3.54. The minimum Gasteiger partial charge on any atom is -0.450 e. The maximum Gasteiger partial charge on any atom is 0.331 e. The van der Waals surface area contributed by atoms with E-state index >= 15 is 0 Å². The van der Waals surface area contributed by atoms with Crippen molar-refractivity contribution in [1.29, 1.82) is 0 Å². The van der Waals surface area contributed by atoms with Crippen molar-refractivity contribution in [3.63, 3.8) is 0 Å². The van der Waals surface area contributed by atoms with Crippen LogP contribution < -0.4 is 0 Å². The number of carbonyl (C=O) groups is 1. The molecular formula is C20H23NO2S. The number of esters is 1. The first-order valence-electron chi connectivity index (χ1n) is 9.11. The number of thioether (sulfide) groups is 1. The fourth-order valence-electron chi connectivity index (χ4n) is 5.29. The van der Waals surface area contributed by atoms with Gasteiger partial charge in [-0.25, -0.2) is 4.79 Å². The summed E-state index contributed by atoms with van der Waals surface area (Å²) in [6.45, 7) is 1.17. The number of benzene rings is 1. The zero-order valence-corrected chi connectivity index (χ0v) is 14.6. The van der Waals surface area contributed by atoms with Crippen LogP contribution in [-0.2, 0) is 15.3 Å². The molecule has 3 nitrogen and oxygen atoms in total. The Labute approximate surface area is 147 Å². The second kappa shape index (κ2) is 5.63. The Morgan fingerprint density at radius 3 is 3.00 bits per heavy atom. The van der Waals surface area contributed by atoms with E-state index in [-0.39, 0.29) is 11.6 Å². The van der Waals surface area contributed by atoms with Crippen LogP contribution in [0.4, 0.5) is 0 Å². The summed E-state index contributed by atoms with van der Waals surface area (Å²) in [7, 11) is 0. The van der Waals surface area contributed by atoms with Gasteiger partial charge in [-0.15, -0.1) is 0 Å². The molecule has 2 saturated heterocycles. The Kier molecular flexibility index (Phi) is 3.53. The van der Waals surface area contributed by atoms with E-state index in [0.29, 0.717) is 17.3 Å². The standard InChI is InChI=1S/C20H23NO2S/c22-19-11-15-10-17(24-13-14-6-2-1-3-7-14)16-12-20(15,23-19)18-8-4-5-9-21(16)18/h1-3,6-7,11,16-18H,4-5,8-10,12-13H2/t16-,17?,18?,20-/m0/s1. The summed E-state index contributed by atoms with van der Waals surface area (Å²) < 4.78 is 5.94. The van der Waals surface area contributed by atoms with E-state index in [1.807, 2.05) is 6.08 Å². The molecule has 5 rings (SSSR count). The van der Waals surface area contributed by atoms with E-state index in [1.165, 1.54) is 36.9 Å². The van der Waals surface area contributed by atoms with Gasteiger partial charge in [0.2, 0.25) is 0 Å². The van der Waals surface area contributed by atoms with Gasteiger partial charge in [-0.1, -0.05) is 36.8 Å². The maximum absolute atomic E-state index is 12.0.